The molecule has 0 fully saturated rings. The van der Waals surface area contributed by atoms with E-state index in [1.165, 1.54) is 0 Å². The van der Waals surface area contributed by atoms with Crippen molar-refractivity contribution < 1.29 is 19.8 Å². The Kier molecular flexibility index (Phi) is 5.20. The molecule has 0 rings (SSSR count). The first-order valence-electron chi connectivity index (χ1n) is 3.88. The molecule has 0 saturated heterocycles. The van der Waals surface area contributed by atoms with Gasteiger partial charge in [-0.05, 0) is 6.42 Å². The summed E-state index contributed by atoms with van der Waals surface area (Å²) in [6.45, 7) is -0.152. The number of hydrogen-bond donors (Lipinski definition) is 4. The molecule has 13 heavy (non-hydrogen) atoms. The molecule has 1 unspecified atom stereocenters. The highest BCUT2D eigenvalue weighted by molar-refractivity contribution is 5.83. The highest BCUT2D eigenvalue weighted by Crippen LogP contribution is 1.98. The van der Waals surface area contributed by atoms with Crippen LogP contribution >= 0.6 is 0 Å². The number of carbonyl (C=O) groups is 2. The average Bonchev–Trinajstić information content (AvgIpc) is 2.11. The van der Waals surface area contributed by atoms with Crippen LogP contribution in [0.15, 0.2) is 0 Å². The van der Waals surface area contributed by atoms with Gasteiger partial charge in [0.1, 0.15) is 12.1 Å². The zero-order chi connectivity index (χ0) is 10.4. The lowest BCUT2D eigenvalue weighted by molar-refractivity contribution is -0.138. The molecular formula is C7H14N2O4. The van der Waals surface area contributed by atoms with Gasteiger partial charge in [0, 0.05) is 13.0 Å². The molecule has 6 nitrogen and oxygen atoms in total. The predicted octanol–water partition coefficient (Wildman–Crippen LogP) is -1.93. The van der Waals surface area contributed by atoms with Crippen molar-refractivity contribution in [1.29, 1.82) is 0 Å². The van der Waals surface area contributed by atoms with Crippen LogP contribution in [-0.2, 0) is 9.59 Å². The Hall–Kier alpha value is -0.980. The van der Waals surface area contributed by atoms with E-state index >= 15 is 0 Å². The Morgan fingerprint density at radius 2 is 1.92 bits per heavy atom. The lowest BCUT2D eigenvalue weighted by atomic mass is 10.1. The maximum Gasteiger partial charge on any atom is 0.320 e. The van der Waals surface area contributed by atoms with Gasteiger partial charge in [-0.1, -0.05) is 0 Å². The number of ketones is 1. The minimum Gasteiger partial charge on any atom is -0.480 e. The minimum atomic E-state index is -1.21. The summed E-state index contributed by atoms with van der Waals surface area (Å²) in [4.78, 5) is 21.2. The number of carbonyl (C=O) groups excluding carboxylic acids is 1. The molecule has 0 radical (unpaired) electrons. The zero-order valence-corrected chi connectivity index (χ0v) is 7.14. The van der Waals surface area contributed by atoms with Crippen molar-refractivity contribution in [1.82, 2.24) is 0 Å². The maximum atomic E-state index is 10.9. The fourth-order valence-electron chi connectivity index (χ4n) is 0.719. The van der Waals surface area contributed by atoms with E-state index in [9.17, 15) is 9.59 Å². The normalized spacial score (nSPS) is 15.0. The Bertz CT molecular complexity index is 195. The van der Waals surface area contributed by atoms with Gasteiger partial charge < -0.3 is 21.7 Å². The first kappa shape index (κ1) is 12.0. The van der Waals surface area contributed by atoms with Gasteiger partial charge in [0.05, 0.1) is 0 Å². The van der Waals surface area contributed by atoms with Crippen LogP contribution in [0.1, 0.15) is 12.8 Å². The summed E-state index contributed by atoms with van der Waals surface area (Å²) in [5, 5.41) is 17.3. The number of rotatable bonds is 6. The molecule has 6 N–H and O–H groups in total. The van der Waals surface area contributed by atoms with Crippen LogP contribution < -0.4 is 11.5 Å². The van der Waals surface area contributed by atoms with E-state index in [0.717, 1.165) is 0 Å². The van der Waals surface area contributed by atoms with E-state index in [0.29, 0.717) is 0 Å². The highest BCUT2D eigenvalue weighted by atomic mass is 16.4. The Morgan fingerprint density at radius 1 is 1.38 bits per heavy atom. The van der Waals surface area contributed by atoms with Gasteiger partial charge in [0.15, 0.2) is 5.78 Å². The number of aliphatic hydroxyl groups excluding tert-OH is 1. The quantitative estimate of drug-likeness (QED) is 0.386. The first-order chi connectivity index (χ1) is 5.99. The molecule has 0 aliphatic rings. The molecule has 0 spiro atoms. The SMILES string of the molecule is NCC(O)C(=O)CC[C@H](N)C(=O)O. The molecule has 0 aliphatic heterocycles. The number of carboxylic acids is 1. The molecule has 0 heterocycles. The van der Waals surface area contributed by atoms with E-state index in [-0.39, 0.29) is 19.4 Å². The van der Waals surface area contributed by atoms with Crippen LogP contribution in [0.5, 0.6) is 0 Å². The summed E-state index contributed by atoms with van der Waals surface area (Å²) in [6.07, 6.45) is -1.25. The van der Waals surface area contributed by atoms with Crippen molar-refractivity contribution in [3.8, 4) is 0 Å². The number of Topliss-reactive ketones (excluding diaryl/α,β-unsaturated/α-hetero) is 1. The maximum absolute atomic E-state index is 10.9. The summed E-state index contributed by atoms with van der Waals surface area (Å²) in [5.41, 5.74) is 10.2. The van der Waals surface area contributed by atoms with E-state index in [1.54, 1.807) is 0 Å². The standard InChI is InChI=1S/C7H14N2O4/c8-3-6(11)5(10)2-1-4(9)7(12)13/h4,6,11H,1-3,8-9H2,(H,12,13)/t4-,6?/m0/s1. The molecule has 0 aromatic carbocycles. The predicted molar refractivity (Wildman–Crippen MR) is 44.9 cm³/mol. The largest absolute Gasteiger partial charge is 0.480 e. The van der Waals surface area contributed by atoms with E-state index in [2.05, 4.69) is 0 Å². The lowest BCUT2D eigenvalue weighted by Crippen LogP contribution is -2.34. The minimum absolute atomic E-state index is 0.0191. The second-order valence-corrected chi connectivity index (χ2v) is 2.70. The lowest BCUT2D eigenvalue weighted by Gasteiger charge is -2.08. The van der Waals surface area contributed by atoms with Crippen LogP contribution in [0, 0.1) is 0 Å². The Balaban J connectivity index is 3.76. The van der Waals surface area contributed by atoms with E-state index in [4.69, 9.17) is 21.7 Å². The van der Waals surface area contributed by atoms with Crippen molar-refractivity contribution >= 4 is 11.8 Å². The summed E-state index contributed by atoms with van der Waals surface area (Å²) in [5.74, 6) is -1.63. The number of hydrogen-bond acceptors (Lipinski definition) is 5. The van der Waals surface area contributed by atoms with Gasteiger partial charge >= 0.3 is 5.97 Å². The van der Waals surface area contributed by atoms with Crippen LogP contribution in [-0.4, -0.2) is 40.7 Å². The zero-order valence-electron chi connectivity index (χ0n) is 7.14. The van der Waals surface area contributed by atoms with Crippen LogP contribution in [0.2, 0.25) is 0 Å². The van der Waals surface area contributed by atoms with Crippen molar-refractivity contribution in [3.63, 3.8) is 0 Å². The number of nitrogens with two attached hydrogens (primary N) is 2. The third kappa shape index (κ3) is 4.56. The van der Waals surface area contributed by atoms with Gasteiger partial charge in [-0.2, -0.15) is 0 Å². The molecule has 2 atom stereocenters. The molecule has 6 heteroatoms. The van der Waals surface area contributed by atoms with Gasteiger partial charge in [-0.3, -0.25) is 9.59 Å². The van der Waals surface area contributed by atoms with Crippen LogP contribution in [0.4, 0.5) is 0 Å². The van der Waals surface area contributed by atoms with Gasteiger partial charge in [0.25, 0.3) is 0 Å². The summed E-state index contributed by atoms with van der Waals surface area (Å²) in [6, 6.07) is -1.06. The molecule has 0 aromatic heterocycles. The van der Waals surface area contributed by atoms with E-state index < -0.39 is 23.9 Å². The highest BCUT2D eigenvalue weighted by Gasteiger charge is 2.17. The van der Waals surface area contributed by atoms with Crippen LogP contribution in [0.25, 0.3) is 0 Å². The summed E-state index contributed by atoms with van der Waals surface area (Å²) >= 11 is 0. The molecule has 0 aromatic rings. The molecule has 0 amide bonds. The number of aliphatic carboxylic acids is 1. The van der Waals surface area contributed by atoms with Gasteiger partial charge in [-0.15, -0.1) is 0 Å². The second-order valence-electron chi connectivity index (χ2n) is 2.70. The first-order valence-corrected chi connectivity index (χ1v) is 3.88. The molecule has 76 valence electrons. The number of carboxylic acid groups (broad SMARTS) is 1. The van der Waals surface area contributed by atoms with Crippen molar-refractivity contribution in [2.24, 2.45) is 11.5 Å². The molecular weight excluding hydrogens is 176 g/mol. The third-order valence-electron chi connectivity index (χ3n) is 1.61. The van der Waals surface area contributed by atoms with Crippen LogP contribution in [0.3, 0.4) is 0 Å². The average molecular weight is 190 g/mol. The van der Waals surface area contributed by atoms with Gasteiger partial charge in [0.2, 0.25) is 0 Å². The molecule has 0 aliphatic carbocycles. The van der Waals surface area contributed by atoms with E-state index in [1.807, 2.05) is 0 Å². The Morgan fingerprint density at radius 3 is 2.31 bits per heavy atom. The number of aliphatic hydroxyl groups is 1. The monoisotopic (exact) mass is 190 g/mol. The van der Waals surface area contributed by atoms with Crippen molar-refractivity contribution in [2.45, 2.75) is 25.0 Å². The topological polar surface area (TPSA) is 127 Å². The summed E-state index contributed by atoms with van der Waals surface area (Å²) < 4.78 is 0. The second kappa shape index (κ2) is 5.63. The fourth-order valence-corrected chi connectivity index (χ4v) is 0.719. The molecule has 0 saturated carbocycles. The smallest absolute Gasteiger partial charge is 0.320 e. The third-order valence-corrected chi connectivity index (χ3v) is 1.61. The van der Waals surface area contributed by atoms with Crippen molar-refractivity contribution in [2.75, 3.05) is 6.54 Å². The Labute approximate surface area is 75.5 Å². The fraction of sp³-hybridized carbons (Fsp3) is 0.714. The summed E-state index contributed by atoms with van der Waals surface area (Å²) in [7, 11) is 0. The van der Waals surface area contributed by atoms with Crippen molar-refractivity contribution in [3.05, 3.63) is 0 Å². The van der Waals surface area contributed by atoms with Gasteiger partial charge in [-0.25, -0.2) is 0 Å². The molecule has 0 bridgehead atoms.